The van der Waals surface area contributed by atoms with E-state index in [9.17, 15) is 9.59 Å². The molecule has 120 valence electrons. The third kappa shape index (κ3) is 3.59. The lowest BCUT2D eigenvalue weighted by molar-refractivity contribution is -0.144. The smallest absolute Gasteiger partial charge is 0.323 e. The van der Waals surface area contributed by atoms with Crippen molar-refractivity contribution in [2.24, 2.45) is 0 Å². The summed E-state index contributed by atoms with van der Waals surface area (Å²) < 4.78 is 5.64. The molecule has 1 heterocycles. The lowest BCUT2D eigenvalue weighted by atomic mass is 10.2. The number of aromatic nitrogens is 1. The molecule has 1 amide bonds. The van der Waals surface area contributed by atoms with E-state index < -0.39 is 5.97 Å². The molecule has 2 aromatic rings. The number of carbonyl (C=O) groups is 2. The van der Waals surface area contributed by atoms with Crippen LogP contribution < -0.4 is 0 Å². The van der Waals surface area contributed by atoms with Gasteiger partial charge >= 0.3 is 5.97 Å². The van der Waals surface area contributed by atoms with Crippen molar-refractivity contribution in [1.82, 2.24) is 9.88 Å². The lowest BCUT2D eigenvalue weighted by Gasteiger charge is -2.19. The van der Waals surface area contributed by atoms with E-state index in [1.807, 2.05) is 30.3 Å². The van der Waals surface area contributed by atoms with Crippen molar-refractivity contribution in [2.45, 2.75) is 32.2 Å². The van der Waals surface area contributed by atoms with Crippen molar-refractivity contribution in [3.8, 4) is 11.5 Å². The van der Waals surface area contributed by atoms with Gasteiger partial charge in [-0.15, -0.1) is 0 Å². The predicted molar refractivity (Wildman–Crippen MR) is 82.8 cm³/mol. The Kier molecular flexibility index (Phi) is 4.14. The Morgan fingerprint density at radius 1 is 1.30 bits per heavy atom. The van der Waals surface area contributed by atoms with Crippen molar-refractivity contribution in [1.29, 1.82) is 0 Å². The molecule has 0 radical (unpaired) electrons. The molecule has 1 aromatic carbocycles. The maximum absolute atomic E-state index is 12.4. The maximum Gasteiger partial charge on any atom is 0.323 e. The second-order valence-corrected chi connectivity index (χ2v) is 5.71. The number of carbonyl (C=O) groups excluding carboxylic acids is 1. The number of amides is 1. The standard InChI is InChI=1S/C17H18N2O4/c1-11-14(18-17(23-11)12-5-3-2-4-6-12)9-15(20)19(10-16(21)22)13-7-8-13/h2-6,13H,7-10H2,1H3,(H,21,22). The maximum atomic E-state index is 12.4. The van der Waals surface area contributed by atoms with E-state index in [1.165, 1.54) is 4.90 Å². The lowest BCUT2D eigenvalue weighted by Crippen LogP contribution is -2.38. The highest BCUT2D eigenvalue weighted by Crippen LogP contribution is 2.28. The molecule has 0 unspecified atom stereocenters. The van der Waals surface area contributed by atoms with Gasteiger partial charge in [-0.05, 0) is 31.9 Å². The Balaban J connectivity index is 1.76. The van der Waals surface area contributed by atoms with Gasteiger partial charge < -0.3 is 14.4 Å². The summed E-state index contributed by atoms with van der Waals surface area (Å²) >= 11 is 0. The number of nitrogens with zero attached hydrogens (tertiary/aromatic N) is 2. The zero-order valence-corrected chi connectivity index (χ0v) is 12.9. The minimum Gasteiger partial charge on any atom is -0.480 e. The van der Waals surface area contributed by atoms with Gasteiger partial charge in [0.1, 0.15) is 12.3 Å². The number of oxazole rings is 1. The summed E-state index contributed by atoms with van der Waals surface area (Å²) in [6.07, 6.45) is 1.80. The van der Waals surface area contributed by atoms with Crippen molar-refractivity contribution >= 4 is 11.9 Å². The molecule has 0 saturated heterocycles. The third-order valence-corrected chi connectivity index (χ3v) is 3.85. The molecule has 1 aliphatic rings. The van der Waals surface area contributed by atoms with E-state index in [1.54, 1.807) is 6.92 Å². The Bertz CT molecular complexity index is 719. The van der Waals surface area contributed by atoms with Crippen LogP contribution >= 0.6 is 0 Å². The highest BCUT2D eigenvalue weighted by molar-refractivity contribution is 5.83. The second-order valence-electron chi connectivity index (χ2n) is 5.71. The van der Waals surface area contributed by atoms with Gasteiger partial charge in [0.25, 0.3) is 0 Å². The zero-order valence-electron chi connectivity index (χ0n) is 12.9. The molecule has 0 atom stereocenters. The first kappa shape index (κ1) is 15.3. The molecule has 6 nitrogen and oxygen atoms in total. The number of aryl methyl sites for hydroxylation is 1. The average molecular weight is 314 g/mol. The van der Waals surface area contributed by atoms with Crippen LogP contribution in [0.1, 0.15) is 24.3 Å². The summed E-state index contributed by atoms with van der Waals surface area (Å²) in [5.74, 6) is -0.150. The average Bonchev–Trinajstić information content (AvgIpc) is 3.30. The first-order valence-electron chi connectivity index (χ1n) is 7.57. The highest BCUT2D eigenvalue weighted by Gasteiger charge is 2.34. The molecule has 1 aromatic heterocycles. The number of benzene rings is 1. The normalized spacial score (nSPS) is 13.8. The van der Waals surface area contributed by atoms with Crippen LogP contribution in [-0.4, -0.2) is 39.5 Å². The summed E-state index contributed by atoms with van der Waals surface area (Å²) in [5, 5.41) is 8.95. The van der Waals surface area contributed by atoms with Gasteiger partial charge in [-0.2, -0.15) is 0 Å². The Hall–Kier alpha value is -2.63. The number of hydrogen-bond acceptors (Lipinski definition) is 4. The van der Waals surface area contributed by atoms with Crippen LogP contribution in [0.2, 0.25) is 0 Å². The molecule has 6 heteroatoms. The van der Waals surface area contributed by atoms with Gasteiger partial charge in [-0.1, -0.05) is 18.2 Å². The zero-order chi connectivity index (χ0) is 16.4. The fourth-order valence-corrected chi connectivity index (χ4v) is 2.49. The van der Waals surface area contributed by atoms with Crippen LogP contribution in [0.25, 0.3) is 11.5 Å². The van der Waals surface area contributed by atoms with Crippen LogP contribution in [0, 0.1) is 6.92 Å². The quantitative estimate of drug-likeness (QED) is 0.884. The topological polar surface area (TPSA) is 83.6 Å². The highest BCUT2D eigenvalue weighted by atomic mass is 16.4. The fraction of sp³-hybridized carbons (Fsp3) is 0.353. The van der Waals surface area contributed by atoms with Gasteiger partial charge in [0.15, 0.2) is 0 Å². The summed E-state index contributed by atoms with van der Waals surface area (Å²) in [6, 6.07) is 9.51. The van der Waals surface area contributed by atoms with Crippen molar-refractivity contribution in [2.75, 3.05) is 6.54 Å². The molecule has 1 fully saturated rings. The monoisotopic (exact) mass is 314 g/mol. The molecule has 0 spiro atoms. The summed E-state index contributed by atoms with van der Waals surface area (Å²) in [4.78, 5) is 29.2. The molecule has 0 aliphatic heterocycles. The largest absolute Gasteiger partial charge is 0.480 e. The number of hydrogen-bond donors (Lipinski definition) is 1. The van der Waals surface area contributed by atoms with Gasteiger partial charge in [0.05, 0.1) is 12.1 Å². The fourth-order valence-electron chi connectivity index (χ4n) is 2.49. The van der Waals surface area contributed by atoms with E-state index >= 15 is 0 Å². The Morgan fingerprint density at radius 3 is 2.61 bits per heavy atom. The first-order chi connectivity index (χ1) is 11.0. The molecule has 1 saturated carbocycles. The van der Waals surface area contributed by atoms with Crippen molar-refractivity contribution < 1.29 is 19.1 Å². The minimum absolute atomic E-state index is 0.0550. The van der Waals surface area contributed by atoms with E-state index in [2.05, 4.69) is 4.98 Å². The molecule has 0 bridgehead atoms. The predicted octanol–water partition coefficient (Wildman–Crippen LogP) is 2.27. The molecular formula is C17H18N2O4. The van der Waals surface area contributed by atoms with Crippen LogP contribution in [0.3, 0.4) is 0 Å². The van der Waals surface area contributed by atoms with Gasteiger partial charge in [0, 0.05) is 11.6 Å². The van der Waals surface area contributed by atoms with E-state index in [0.29, 0.717) is 17.3 Å². The van der Waals surface area contributed by atoms with Crippen LogP contribution in [0.4, 0.5) is 0 Å². The molecule has 3 rings (SSSR count). The van der Waals surface area contributed by atoms with Gasteiger partial charge in [-0.25, -0.2) is 4.98 Å². The minimum atomic E-state index is -0.993. The molecule has 23 heavy (non-hydrogen) atoms. The van der Waals surface area contributed by atoms with E-state index in [4.69, 9.17) is 9.52 Å². The Morgan fingerprint density at radius 2 is 2.00 bits per heavy atom. The van der Waals surface area contributed by atoms with Crippen LogP contribution in [0.5, 0.6) is 0 Å². The number of carboxylic acid groups (broad SMARTS) is 1. The van der Waals surface area contributed by atoms with Crippen LogP contribution in [0.15, 0.2) is 34.7 Å². The molecule has 1 aliphatic carbocycles. The summed E-state index contributed by atoms with van der Waals surface area (Å²) in [6.45, 7) is 1.51. The van der Waals surface area contributed by atoms with Gasteiger partial charge in [-0.3, -0.25) is 9.59 Å². The summed E-state index contributed by atoms with van der Waals surface area (Å²) in [7, 11) is 0. The van der Waals surface area contributed by atoms with Crippen molar-refractivity contribution in [3.63, 3.8) is 0 Å². The summed E-state index contributed by atoms with van der Waals surface area (Å²) in [5.41, 5.74) is 1.41. The van der Waals surface area contributed by atoms with Crippen molar-refractivity contribution in [3.05, 3.63) is 41.8 Å². The Labute approximate surface area is 133 Å². The van der Waals surface area contributed by atoms with Crippen LogP contribution in [-0.2, 0) is 16.0 Å². The molecule has 1 N–H and O–H groups in total. The van der Waals surface area contributed by atoms with E-state index in [0.717, 1.165) is 18.4 Å². The van der Waals surface area contributed by atoms with Gasteiger partial charge in [0.2, 0.25) is 11.8 Å². The second kappa shape index (κ2) is 6.24. The number of aliphatic carboxylic acids is 1. The number of rotatable bonds is 6. The number of carboxylic acids is 1. The van der Waals surface area contributed by atoms with E-state index in [-0.39, 0.29) is 24.9 Å². The first-order valence-corrected chi connectivity index (χ1v) is 7.57. The SMILES string of the molecule is Cc1oc(-c2ccccc2)nc1CC(=O)N(CC(=O)O)C1CC1. The molecular weight excluding hydrogens is 296 g/mol. The third-order valence-electron chi connectivity index (χ3n) is 3.85.